The van der Waals surface area contributed by atoms with Crippen molar-refractivity contribution < 1.29 is 19.2 Å². The van der Waals surface area contributed by atoms with Crippen molar-refractivity contribution in [2.45, 2.75) is 64.2 Å². The number of hydrogen-bond acceptors (Lipinski definition) is 6. The number of nitrogens with zero attached hydrogens (tertiary/aromatic N) is 3. The molecule has 45 heavy (non-hydrogen) atoms. The maximum atomic E-state index is 14.7. The highest BCUT2D eigenvalue weighted by molar-refractivity contribution is 6.13. The van der Waals surface area contributed by atoms with Crippen LogP contribution in [0, 0.1) is 0 Å². The highest BCUT2D eigenvalue weighted by Crippen LogP contribution is 2.44. The fourth-order valence-corrected chi connectivity index (χ4v) is 6.09. The highest BCUT2D eigenvalue weighted by atomic mass is 16.2. The zero-order valence-electron chi connectivity index (χ0n) is 25.9. The number of hydrogen-bond donors (Lipinski definition) is 2. The summed E-state index contributed by atoms with van der Waals surface area (Å²) in [5.74, 6) is -0.708. The van der Waals surface area contributed by atoms with Gasteiger partial charge < -0.3 is 20.4 Å². The summed E-state index contributed by atoms with van der Waals surface area (Å²) in [4.78, 5) is 62.2. The van der Waals surface area contributed by atoms with Gasteiger partial charge in [0.25, 0.3) is 11.8 Å². The molecule has 1 fully saturated rings. The lowest BCUT2D eigenvalue weighted by atomic mass is 9.99. The maximum absolute atomic E-state index is 14.7. The monoisotopic (exact) mass is 603 g/mol. The second kappa shape index (κ2) is 12.2. The minimum absolute atomic E-state index is 0.0978. The molecule has 3 amide bonds. The van der Waals surface area contributed by atoms with Crippen LogP contribution in [0.25, 0.3) is 10.9 Å². The number of ketones is 1. The fourth-order valence-electron chi connectivity index (χ4n) is 6.09. The summed E-state index contributed by atoms with van der Waals surface area (Å²) in [5.41, 5.74) is 4.99. The summed E-state index contributed by atoms with van der Waals surface area (Å²) in [6.45, 7) is 5.23. The van der Waals surface area contributed by atoms with Gasteiger partial charge in [-0.2, -0.15) is 0 Å². The first-order valence-electron chi connectivity index (χ1n) is 15.4. The van der Waals surface area contributed by atoms with E-state index in [0.29, 0.717) is 28.4 Å². The van der Waals surface area contributed by atoms with Gasteiger partial charge >= 0.3 is 0 Å². The summed E-state index contributed by atoms with van der Waals surface area (Å²) in [6.07, 6.45) is 4.07. The van der Waals surface area contributed by atoms with Crippen molar-refractivity contribution >= 4 is 45.8 Å². The Morgan fingerprint density at radius 2 is 1.58 bits per heavy atom. The van der Waals surface area contributed by atoms with Crippen LogP contribution in [-0.4, -0.2) is 53.7 Å². The minimum Gasteiger partial charge on any atom is -0.341 e. The van der Waals surface area contributed by atoms with Gasteiger partial charge in [-0.15, -0.1) is 0 Å². The second-order valence-corrected chi connectivity index (χ2v) is 11.9. The molecule has 6 rings (SSSR count). The van der Waals surface area contributed by atoms with Gasteiger partial charge in [0, 0.05) is 22.7 Å². The van der Waals surface area contributed by atoms with Gasteiger partial charge in [-0.1, -0.05) is 42.5 Å². The molecule has 1 aromatic heterocycles. The van der Waals surface area contributed by atoms with Crippen LogP contribution in [0.2, 0.25) is 0 Å². The summed E-state index contributed by atoms with van der Waals surface area (Å²) in [5, 5.41) is 6.88. The molecule has 9 nitrogen and oxygen atoms in total. The van der Waals surface area contributed by atoms with Crippen molar-refractivity contribution in [3.8, 4) is 0 Å². The van der Waals surface area contributed by atoms with Gasteiger partial charge in [0.2, 0.25) is 5.91 Å². The Bertz CT molecular complexity index is 1800. The summed E-state index contributed by atoms with van der Waals surface area (Å²) < 4.78 is 0. The molecule has 2 N–H and O–H groups in total. The number of carbonyl (C=O) groups excluding carboxylic acids is 4. The third kappa shape index (κ3) is 5.71. The van der Waals surface area contributed by atoms with Crippen molar-refractivity contribution in [1.82, 2.24) is 15.6 Å². The quantitative estimate of drug-likeness (QED) is 0.275. The summed E-state index contributed by atoms with van der Waals surface area (Å²) in [6, 6.07) is 19.5. The first-order chi connectivity index (χ1) is 21.7. The van der Waals surface area contributed by atoms with Gasteiger partial charge in [-0.05, 0) is 88.0 Å². The number of benzene rings is 3. The molecule has 0 saturated heterocycles. The number of likely N-dealkylation sites (N-methyl/N-ethyl adjacent to an activating group) is 1. The fraction of sp³-hybridized carbons (Fsp3) is 0.306. The van der Waals surface area contributed by atoms with Crippen LogP contribution >= 0.6 is 0 Å². The highest BCUT2D eigenvalue weighted by Gasteiger charge is 2.43. The molecule has 2 aliphatic rings. The number of para-hydroxylation sites is 3. The van der Waals surface area contributed by atoms with E-state index in [-0.39, 0.29) is 30.0 Å². The molecule has 9 heteroatoms. The van der Waals surface area contributed by atoms with Crippen LogP contribution in [0.4, 0.5) is 11.4 Å². The van der Waals surface area contributed by atoms with E-state index >= 15 is 0 Å². The van der Waals surface area contributed by atoms with Crippen molar-refractivity contribution in [3.63, 3.8) is 0 Å². The maximum Gasteiger partial charge on any atom is 0.258 e. The number of aromatic nitrogens is 1. The minimum atomic E-state index is -1.04. The van der Waals surface area contributed by atoms with Crippen LogP contribution in [-0.2, 0) is 16.1 Å². The zero-order valence-corrected chi connectivity index (χ0v) is 25.9. The molecule has 0 bridgehead atoms. The predicted molar refractivity (Wildman–Crippen MR) is 175 cm³/mol. The molecule has 1 unspecified atom stereocenters. The first kappa shape index (κ1) is 30.1. The molecule has 1 saturated carbocycles. The van der Waals surface area contributed by atoms with Crippen molar-refractivity contribution in [1.29, 1.82) is 0 Å². The zero-order chi connectivity index (χ0) is 31.8. The standard InChI is InChI=1S/C36H37N5O4/c1-21(37-4)34(43)39-33-22(2)41(35(44)26-17-13-24(14-18-26)23(3)42)32-12-8-7-11-31(32)40(36(33)45)20-29-27-9-5-6-10-30(27)38-19-28(29)25-15-16-25/h5-14,17-19,21-22,25,33,37H,15-16,20H2,1-4H3,(H,39,43)/t21?,22-,33-/m0/s1. The number of Topliss-reactive ketones (excluding diaryl/α,β-unsaturated/α-hetero) is 1. The average molecular weight is 604 g/mol. The molecule has 1 aliphatic carbocycles. The van der Waals surface area contributed by atoms with Gasteiger partial charge in [0.15, 0.2) is 5.78 Å². The Balaban J connectivity index is 1.50. The van der Waals surface area contributed by atoms with E-state index in [9.17, 15) is 19.2 Å². The topological polar surface area (TPSA) is 112 Å². The van der Waals surface area contributed by atoms with Crippen molar-refractivity contribution in [2.75, 3.05) is 16.8 Å². The van der Waals surface area contributed by atoms with Gasteiger partial charge in [-0.3, -0.25) is 24.2 Å². The molecule has 3 atom stereocenters. The first-order valence-corrected chi connectivity index (χ1v) is 15.4. The number of rotatable bonds is 8. The molecule has 2 heterocycles. The smallest absolute Gasteiger partial charge is 0.258 e. The Morgan fingerprint density at radius 3 is 2.24 bits per heavy atom. The lowest BCUT2D eigenvalue weighted by molar-refractivity contribution is -0.128. The van der Waals surface area contributed by atoms with Gasteiger partial charge in [0.1, 0.15) is 6.04 Å². The Kier molecular flexibility index (Phi) is 8.20. The van der Waals surface area contributed by atoms with Crippen molar-refractivity contribution in [3.05, 3.63) is 101 Å². The third-order valence-corrected chi connectivity index (χ3v) is 8.99. The summed E-state index contributed by atoms with van der Waals surface area (Å²) >= 11 is 0. The van der Waals surface area contributed by atoms with E-state index < -0.39 is 18.1 Å². The summed E-state index contributed by atoms with van der Waals surface area (Å²) in [7, 11) is 1.68. The van der Waals surface area contributed by atoms with Crippen LogP contribution in [0.15, 0.2) is 79.0 Å². The van der Waals surface area contributed by atoms with E-state index in [1.165, 1.54) is 6.92 Å². The molecular formula is C36H37N5O4. The van der Waals surface area contributed by atoms with Crippen LogP contribution in [0.3, 0.4) is 0 Å². The normalized spacial score (nSPS) is 18.7. The largest absolute Gasteiger partial charge is 0.341 e. The molecule has 0 radical (unpaired) electrons. The predicted octanol–water partition coefficient (Wildman–Crippen LogP) is 4.99. The molecule has 0 spiro atoms. The number of nitrogens with one attached hydrogen (secondary N) is 2. The number of fused-ring (bicyclic) bond motifs is 2. The van der Waals surface area contributed by atoms with E-state index in [0.717, 1.165) is 34.9 Å². The molecule has 3 aromatic carbocycles. The Labute approximate surface area is 262 Å². The molecule has 230 valence electrons. The number of carbonyl (C=O) groups is 4. The van der Waals surface area contributed by atoms with Crippen molar-refractivity contribution in [2.24, 2.45) is 0 Å². The Morgan fingerprint density at radius 1 is 0.933 bits per heavy atom. The van der Waals surface area contributed by atoms with Gasteiger partial charge in [0.05, 0.1) is 35.5 Å². The molecule has 1 aliphatic heterocycles. The lowest BCUT2D eigenvalue weighted by Crippen LogP contribution is -2.59. The number of anilines is 2. The van der Waals surface area contributed by atoms with Crippen LogP contribution in [0.5, 0.6) is 0 Å². The van der Waals surface area contributed by atoms with E-state index in [1.54, 1.807) is 55.0 Å². The number of amides is 3. The third-order valence-electron chi connectivity index (χ3n) is 8.99. The molecular weight excluding hydrogens is 566 g/mol. The van der Waals surface area contributed by atoms with Crippen LogP contribution < -0.4 is 20.4 Å². The number of pyridine rings is 1. The SMILES string of the molecule is CNC(C)C(=O)N[C@@H]1C(=O)N(Cc2c(C3CC3)cnc3ccccc23)c2ccccc2N(C(=O)c2ccc(C(C)=O)cc2)[C@H]1C. The van der Waals surface area contributed by atoms with E-state index in [1.807, 2.05) is 54.7 Å². The lowest BCUT2D eigenvalue weighted by Gasteiger charge is -2.32. The molecule has 4 aromatic rings. The van der Waals surface area contributed by atoms with Gasteiger partial charge in [-0.25, -0.2) is 0 Å². The van der Waals surface area contributed by atoms with E-state index in [4.69, 9.17) is 4.98 Å². The Hall–Kier alpha value is -4.89. The second-order valence-electron chi connectivity index (χ2n) is 11.9. The van der Waals surface area contributed by atoms with E-state index in [2.05, 4.69) is 10.6 Å². The van der Waals surface area contributed by atoms with Crippen LogP contribution in [0.1, 0.15) is 71.4 Å². The average Bonchev–Trinajstić information content (AvgIpc) is 3.91.